The van der Waals surface area contributed by atoms with Gasteiger partial charge in [0.25, 0.3) is 5.91 Å². The number of para-hydroxylation sites is 1. The predicted molar refractivity (Wildman–Crippen MR) is 110 cm³/mol. The Morgan fingerprint density at radius 2 is 1.68 bits per heavy atom. The van der Waals surface area contributed by atoms with Gasteiger partial charge in [-0.25, -0.2) is 0 Å². The number of halogens is 3. The van der Waals surface area contributed by atoms with Crippen LogP contribution in [0.2, 0.25) is 0 Å². The second kappa shape index (κ2) is 7.14. The number of rotatable bonds is 3. The Kier molecular flexibility index (Phi) is 4.83. The van der Waals surface area contributed by atoms with Crippen molar-refractivity contribution in [2.75, 3.05) is 12.0 Å². The van der Waals surface area contributed by atoms with E-state index < -0.39 is 17.8 Å². The number of methoxy groups -OCH3 is 1. The Balaban J connectivity index is 1.92. The van der Waals surface area contributed by atoms with Gasteiger partial charge in [-0.1, -0.05) is 39.0 Å². The molecule has 1 amide bonds. The fraction of sp³-hybridized carbons (Fsp3) is 0.304. The Morgan fingerprint density at radius 1 is 1.03 bits per heavy atom. The lowest BCUT2D eigenvalue weighted by atomic mass is 9.85. The first-order chi connectivity index (χ1) is 14.5. The highest BCUT2D eigenvalue weighted by Crippen LogP contribution is 2.47. The maximum Gasteiger partial charge on any atom is 0.416 e. The van der Waals surface area contributed by atoms with E-state index >= 15 is 0 Å². The number of benzene rings is 2. The molecule has 2 heterocycles. The smallest absolute Gasteiger partial charge is 0.416 e. The second-order valence-corrected chi connectivity index (χ2v) is 8.48. The minimum Gasteiger partial charge on any atom is -0.496 e. The fourth-order valence-electron chi connectivity index (χ4n) is 3.98. The second-order valence-electron chi connectivity index (χ2n) is 8.48. The molecule has 0 aliphatic carbocycles. The number of amides is 1. The van der Waals surface area contributed by atoms with Crippen molar-refractivity contribution in [3.8, 4) is 5.75 Å². The van der Waals surface area contributed by atoms with Gasteiger partial charge >= 0.3 is 6.18 Å². The molecule has 1 atom stereocenters. The van der Waals surface area contributed by atoms with Crippen molar-refractivity contribution >= 4 is 11.6 Å². The van der Waals surface area contributed by atoms with Crippen LogP contribution in [-0.2, 0) is 11.6 Å². The maximum atomic E-state index is 13.4. The average Bonchev–Trinajstić information content (AvgIpc) is 3.26. The van der Waals surface area contributed by atoms with Crippen LogP contribution in [0.25, 0.3) is 0 Å². The molecule has 4 rings (SSSR count). The molecule has 0 saturated carbocycles. The summed E-state index contributed by atoms with van der Waals surface area (Å²) in [4.78, 5) is 14.9. The van der Waals surface area contributed by atoms with Crippen molar-refractivity contribution in [3.63, 3.8) is 0 Å². The van der Waals surface area contributed by atoms with E-state index in [1.165, 1.54) is 17.0 Å². The van der Waals surface area contributed by atoms with Gasteiger partial charge in [-0.3, -0.25) is 14.8 Å². The summed E-state index contributed by atoms with van der Waals surface area (Å²) in [6, 6.07) is 11.3. The third-order valence-corrected chi connectivity index (χ3v) is 5.41. The molecular formula is C23H22F3N3O2. The van der Waals surface area contributed by atoms with E-state index in [9.17, 15) is 18.0 Å². The van der Waals surface area contributed by atoms with Crippen molar-refractivity contribution < 1.29 is 22.7 Å². The van der Waals surface area contributed by atoms with Crippen molar-refractivity contribution in [3.05, 3.63) is 76.6 Å². The standard InChI is InChI=1S/C23H22F3N3O2/c1-22(2,3)20-17-18(27-28-20)21(30)29(14-11-9-13(10-12-14)23(24,25)26)19(17)15-7-5-6-8-16(15)31-4/h5-12,19H,1-4H3,(H,27,28)/t19-/m1/s1. The molecule has 0 fully saturated rings. The molecule has 0 radical (unpaired) electrons. The molecule has 8 heteroatoms. The Morgan fingerprint density at radius 3 is 2.26 bits per heavy atom. The molecule has 5 nitrogen and oxygen atoms in total. The highest BCUT2D eigenvalue weighted by Gasteiger charge is 2.46. The van der Waals surface area contributed by atoms with Crippen LogP contribution in [0.15, 0.2) is 48.5 Å². The van der Waals surface area contributed by atoms with Gasteiger partial charge < -0.3 is 4.74 Å². The molecule has 1 aliphatic heterocycles. The molecule has 0 spiro atoms. The van der Waals surface area contributed by atoms with E-state index in [2.05, 4.69) is 10.2 Å². The van der Waals surface area contributed by atoms with Crippen LogP contribution in [-0.4, -0.2) is 23.2 Å². The van der Waals surface area contributed by atoms with Crippen LogP contribution in [0.1, 0.15) is 59.7 Å². The first kappa shape index (κ1) is 21.0. The average molecular weight is 429 g/mol. The maximum absolute atomic E-state index is 13.4. The summed E-state index contributed by atoms with van der Waals surface area (Å²) in [5.41, 5.74) is 1.74. The van der Waals surface area contributed by atoms with Gasteiger partial charge in [0.1, 0.15) is 5.75 Å². The molecule has 3 aromatic rings. The number of carbonyl (C=O) groups excluding carboxylic acids is 1. The van der Waals surface area contributed by atoms with Gasteiger partial charge in [0.15, 0.2) is 5.69 Å². The number of H-pyrrole nitrogens is 1. The molecule has 1 aromatic heterocycles. The van der Waals surface area contributed by atoms with Crippen molar-refractivity contribution in [2.45, 2.75) is 38.4 Å². The summed E-state index contributed by atoms with van der Waals surface area (Å²) >= 11 is 0. The number of carbonyl (C=O) groups is 1. The number of hydrogen-bond acceptors (Lipinski definition) is 3. The lowest BCUT2D eigenvalue weighted by molar-refractivity contribution is -0.137. The minimum atomic E-state index is -4.46. The number of anilines is 1. The molecule has 0 saturated heterocycles. The predicted octanol–water partition coefficient (Wildman–Crippen LogP) is 5.48. The topological polar surface area (TPSA) is 58.2 Å². The fourth-order valence-corrected chi connectivity index (χ4v) is 3.98. The van der Waals surface area contributed by atoms with Crippen molar-refractivity contribution in [1.82, 2.24) is 10.2 Å². The number of aromatic nitrogens is 2. The molecule has 0 bridgehead atoms. The zero-order valence-corrected chi connectivity index (χ0v) is 17.5. The number of alkyl halides is 3. The van der Waals surface area contributed by atoms with E-state index in [0.29, 0.717) is 17.0 Å². The van der Waals surface area contributed by atoms with E-state index in [0.717, 1.165) is 23.4 Å². The lowest BCUT2D eigenvalue weighted by Gasteiger charge is -2.29. The largest absolute Gasteiger partial charge is 0.496 e. The summed E-state index contributed by atoms with van der Waals surface area (Å²) in [6.07, 6.45) is -4.46. The number of fused-ring (bicyclic) bond motifs is 1. The van der Waals surface area contributed by atoms with Crippen LogP contribution < -0.4 is 9.64 Å². The molecule has 2 aromatic carbocycles. The molecular weight excluding hydrogens is 407 g/mol. The van der Waals surface area contributed by atoms with Gasteiger partial charge in [0, 0.05) is 27.9 Å². The molecule has 31 heavy (non-hydrogen) atoms. The normalized spacial score (nSPS) is 16.5. The van der Waals surface area contributed by atoms with Crippen LogP contribution in [0.5, 0.6) is 5.75 Å². The first-order valence-corrected chi connectivity index (χ1v) is 9.76. The number of ether oxygens (including phenoxy) is 1. The highest BCUT2D eigenvalue weighted by atomic mass is 19.4. The van der Waals surface area contributed by atoms with E-state index in [1.54, 1.807) is 13.2 Å². The van der Waals surface area contributed by atoms with Crippen LogP contribution >= 0.6 is 0 Å². The van der Waals surface area contributed by atoms with Gasteiger partial charge in [-0.15, -0.1) is 0 Å². The Hall–Kier alpha value is -3.29. The summed E-state index contributed by atoms with van der Waals surface area (Å²) in [7, 11) is 1.54. The zero-order valence-electron chi connectivity index (χ0n) is 17.5. The first-order valence-electron chi connectivity index (χ1n) is 9.76. The summed E-state index contributed by atoms with van der Waals surface area (Å²) in [6.45, 7) is 6.02. The quantitative estimate of drug-likeness (QED) is 0.599. The van der Waals surface area contributed by atoms with Gasteiger partial charge in [-0.05, 0) is 30.3 Å². The number of nitrogens with zero attached hydrogens (tertiary/aromatic N) is 2. The minimum absolute atomic E-state index is 0.265. The molecule has 1 N–H and O–H groups in total. The highest BCUT2D eigenvalue weighted by molar-refractivity contribution is 6.10. The third kappa shape index (κ3) is 3.45. The van der Waals surface area contributed by atoms with Crippen LogP contribution in [0.3, 0.4) is 0 Å². The molecule has 0 unspecified atom stereocenters. The Labute approximate surface area is 177 Å². The van der Waals surface area contributed by atoms with E-state index in [1.807, 2.05) is 39.0 Å². The number of nitrogens with one attached hydrogen (secondary N) is 1. The summed E-state index contributed by atoms with van der Waals surface area (Å²) in [5.74, 6) is 0.198. The zero-order chi connectivity index (χ0) is 22.6. The third-order valence-electron chi connectivity index (χ3n) is 5.41. The SMILES string of the molecule is COc1ccccc1[C@@H]1c2c(n[nH]c2C(C)(C)C)C(=O)N1c1ccc(C(F)(F)F)cc1. The lowest BCUT2D eigenvalue weighted by Crippen LogP contribution is -2.30. The number of aromatic amines is 1. The van der Waals surface area contributed by atoms with Gasteiger partial charge in [0.2, 0.25) is 0 Å². The van der Waals surface area contributed by atoms with Crippen LogP contribution in [0, 0.1) is 0 Å². The monoisotopic (exact) mass is 429 g/mol. The molecule has 1 aliphatic rings. The van der Waals surface area contributed by atoms with Crippen molar-refractivity contribution in [2.24, 2.45) is 0 Å². The summed E-state index contributed by atoms with van der Waals surface area (Å²) < 4.78 is 44.7. The van der Waals surface area contributed by atoms with Gasteiger partial charge in [-0.2, -0.15) is 18.3 Å². The molecule has 162 valence electrons. The van der Waals surface area contributed by atoms with Crippen molar-refractivity contribution in [1.29, 1.82) is 0 Å². The Bertz CT molecular complexity index is 1130. The van der Waals surface area contributed by atoms with E-state index in [-0.39, 0.29) is 17.0 Å². The van der Waals surface area contributed by atoms with E-state index in [4.69, 9.17) is 4.74 Å². The van der Waals surface area contributed by atoms with Gasteiger partial charge in [0.05, 0.1) is 18.7 Å². The van der Waals surface area contributed by atoms with Crippen LogP contribution in [0.4, 0.5) is 18.9 Å². The summed E-state index contributed by atoms with van der Waals surface area (Å²) in [5, 5.41) is 7.27. The number of hydrogen-bond donors (Lipinski definition) is 1.